The van der Waals surface area contributed by atoms with E-state index in [1.54, 1.807) is 24.3 Å². The molecular formula is C16H12N4O3S. The standard InChI is InChI=1S/C16H12N4O3S/c17-9-24-13-7-5-12(6-8-13)20-16(23)15(22)19-11-3-1-10(2-4-11)14(18)21/h1-8H,(H2,18,21)(H,19,22)(H,20,23). The summed E-state index contributed by atoms with van der Waals surface area (Å²) in [6, 6.07) is 12.3. The maximum Gasteiger partial charge on any atom is 0.314 e. The van der Waals surface area contributed by atoms with Gasteiger partial charge in [-0.3, -0.25) is 14.4 Å². The molecule has 0 radical (unpaired) electrons. The van der Waals surface area contributed by atoms with Crippen molar-refractivity contribution in [1.29, 1.82) is 5.26 Å². The first-order valence-corrected chi connectivity index (χ1v) is 7.49. The van der Waals surface area contributed by atoms with E-state index < -0.39 is 17.7 Å². The molecule has 3 amide bonds. The Bertz CT molecular complexity index is 811. The van der Waals surface area contributed by atoms with Crippen molar-refractivity contribution in [2.24, 2.45) is 5.73 Å². The minimum atomic E-state index is -0.850. The van der Waals surface area contributed by atoms with Crippen LogP contribution in [0.15, 0.2) is 53.4 Å². The number of nitrogens with two attached hydrogens (primary N) is 1. The zero-order chi connectivity index (χ0) is 17.5. The number of benzene rings is 2. The third kappa shape index (κ3) is 4.59. The number of hydrogen-bond acceptors (Lipinski definition) is 5. The quantitative estimate of drug-likeness (QED) is 0.445. The fourth-order valence-corrected chi connectivity index (χ4v) is 2.13. The maximum atomic E-state index is 11.8. The van der Waals surface area contributed by atoms with Gasteiger partial charge in [-0.1, -0.05) is 0 Å². The molecule has 0 fully saturated rings. The molecule has 0 saturated carbocycles. The largest absolute Gasteiger partial charge is 0.366 e. The molecule has 2 aromatic carbocycles. The normalized spacial score (nSPS) is 9.62. The molecular weight excluding hydrogens is 328 g/mol. The lowest BCUT2D eigenvalue weighted by Gasteiger charge is -2.07. The van der Waals surface area contributed by atoms with Gasteiger partial charge in [-0.15, -0.1) is 0 Å². The Morgan fingerprint density at radius 2 is 1.33 bits per heavy atom. The smallest absolute Gasteiger partial charge is 0.314 e. The summed E-state index contributed by atoms with van der Waals surface area (Å²) < 4.78 is 0. The van der Waals surface area contributed by atoms with Crippen LogP contribution in [0.3, 0.4) is 0 Å². The number of carbonyl (C=O) groups excluding carboxylic acids is 3. The highest BCUT2D eigenvalue weighted by molar-refractivity contribution is 8.03. The summed E-state index contributed by atoms with van der Waals surface area (Å²) >= 11 is 0.995. The molecule has 120 valence electrons. The van der Waals surface area contributed by atoms with Gasteiger partial charge in [0.15, 0.2) is 0 Å². The molecule has 0 heterocycles. The number of rotatable bonds is 4. The van der Waals surface area contributed by atoms with E-state index in [-0.39, 0.29) is 0 Å². The molecule has 0 atom stereocenters. The van der Waals surface area contributed by atoms with Crippen LogP contribution in [0.1, 0.15) is 10.4 Å². The van der Waals surface area contributed by atoms with E-state index in [0.29, 0.717) is 16.9 Å². The number of primary amides is 1. The number of anilines is 2. The molecule has 4 N–H and O–H groups in total. The fourth-order valence-electron chi connectivity index (χ4n) is 1.75. The molecule has 0 spiro atoms. The summed E-state index contributed by atoms with van der Waals surface area (Å²) in [6.45, 7) is 0. The van der Waals surface area contributed by atoms with Crippen LogP contribution in [0.25, 0.3) is 0 Å². The molecule has 0 aliphatic rings. The molecule has 2 aromatic rings. The summed E-state index contributed by atoms with van der Waals surface area (Å²) in [5.41, 5.74) is 6.21. The van der Waals surface area contributed by atoms with Crippen molar-refractivity contribution in [1.82, 2.24) is 0 Å². The van der Waals surface area contributed by atoms with E-state index in [0.717, 1.165) is 16.7 Å². The fraction of sp³-hybridized carbons (Fsp3) is 0. The van der Waals surface area contributed by atoms with Crippen molar-refractivity contribution < 1.29 is 14.4 Å². The Labute approximate surface area is 141 Å². The molecule has 0 saturated heterocycles. The molecule has 2 rings (SSSR count). The lowest BCUT2D eigenvalue weighted by Crippen LogP contribution is -2.29. The van der Waals surface area contributed by atoms with E-state index in [9.17, 15) is 14.4 Å². The average Bonchev–Trinajstić information content (AvgIpc) is 2.57. The second-order valence-electron chi connectivity index (χ2n) is 4.57. The lowest BCUT2D eigenvalue weighted by atomic mass is 10.2. The Kier molecular flexibility index (Phi) is 5.54. The highest BCUT2D eigenvalue weighted by Gasteiger charge is 2.14. The maximum absolute atomic E-state index is 11.8. The van der Waals surface area contributed by atoms with Crippen molar-refractivity contribution in [3.63, 3.8) is 0 Å². The first-order valence-electron chi connectivity index (χ1n) is 6.68. The molecule has 0 aliphatic heterocycles. The molecule has 0 bridgehead atoms. The predicted molar refractivity (Wildman–Crippen MR) is 90.1 cm³/mol. The zero-order valence-electron chi connectivity index (χ0n) is 12.3. The van der Waals surface area contributed by atoms with Crippen molar-refractivity contribution in [3.05, 3.63) is 54.1 Å². The van der Waals surface area contributed by atoms with Crippen LogP contribution in [0.2, 0.25) is 0 Å². The van der Waals surface area contributed by atoms with Crippen LogP contribution in [-0.2, 0) is 9.59 Å². The summed E-state index contributed by atoms with van der Waals surface area (Å²) in [5, 5.41) is 15.3. The van der Waals surface area contributed by atoms with Crippen molar-refractivity contribution in [3.8, 4) is 5.40 Å². The predicted octanol–water partition coefficient (Wildman–Crippen LogP) is 1.94. The van der Waals surface area contributed by atoms with Gasteiger partial charge in [0.05, 0.1) is 0 Å². The van der Waals surface area contributed by atoms with E-state index in [2.05, 4.69) is 10.6 Å². The SMILES string of the molecule is N#CSc1ccc(NC(=O)C(=O)Nc2ccc(C(N)=O)cc2)cc1. The first kappa shape index (κ1) is 17.1. The van der Waals surface area contributed by atoms with Crippen LogP contribution in [0, 0.1) is 10.7 Å². The molecule has 0 aliphatic carbocycles. The van der Waals surface area contributed by atoms with Gasteiger partial charge < -0.3 is 16.4 Å². The summed E-state index contributed by atoms with van der Waals surface area (Å²) in [4.78, 5) is 35.4. The Morgan fingerprint density at radius 3 is 1.75 bits per heavy atom. The van der Waals surface area contributed by atoms with Crippen LogP contribution >= 0.6 is 11.8 Å². The monoisotopic (exact) mass is 340 g/mol. The first-order chi connectivity index (χ1) is 11.5. The number of nitriles is 1. The van der Waals surface area contributed by atoms with E-state index in [4.69, 9.17) is 11.0 Å². The topological polar surface area (TPSA) is 125 Å². The number of hydrogen-bond donors (Lipinski definition) is 3. The van der Waals surface area contributed by atoms with E-state index >= 15 is 0 Å². The van der Waals surface area contributed by atoms with Gasteiger partial charge in [-0.25, -0.2) is 0 Å². The minimum absolute atomic E-state index is 0.299. The lowest BCUT2D eigenvalue weighted by molar-refractivity contribution is -0.132. The van der Waals surface area contributed by atoms with Crippen molar-refractivity contribution >= 4 is 40.9 Å². The van der Waals surface area contributed by atoms with E-state index in [1.807, 2.05) is 5.40 Å². The molecule has 0 unspecified atom stereocenters. The third-order valence-corrected chi connectivity index (χ3v) is 3.51. The summed E-state index contributed by atoms with van der Waals surface area (Å²) in [6.07, 6.45) is 0. The molecule has 24 heavy (non-hydrogen) atoms. The zero-order valence-corrected chi connectivity index (χ0v) is 13.1. The molecule has 8 heteroatoms. The average molecular weight is 340 g/mol. The molecule has 0 aromatic heterocycles. The Balaban J connectivity index is 1.95. The van der Waals surface area contributed by atoms with Gasteiger partial charge in [-0.05, 0) is 60.3 Å². The Morgan fingerprint density at radius 1 is 0.875 bits per heavy atom. The van der Waals surface area contributed by atoms with Crippen LogP contribution in [0.5, 0.6) is 0 Å². The molecule has 7 nitrogen and oxygen atoms in total. The van der Waals surface area contributed by atoms with Gasteiger partial charge in [0.1, 0.15) is 5.40 Å². The van der Waals surface area contributed by atoms with Gasteiger partial charge >= 0.3 is 11.8 Å². The summed E-state index contributed by atoms with van der Waals surface area (Å²) in [5.74, 6) is -2.27. The van der Waals surface area contributed by atoms with Gasteiger partial charge in [0, 0.05) is 21.8 Å². The number of thioether (sulfide) groups is 1. The Hall–Kier alpha value is -3.31. The number of amides is 3. The van der Waals surface area contributed by atoms with Crippen LogP contribution in [-0.4, -0.2) is 17.7 Å². The van der Waals surface area contributed by atoms with Crippen LogP contribution < -0.4 is 16.4 Å². The van der Waals surface area contributed by atoms with E-state index in [1.165, 1.54) is 24.3 Å². The summed E-state index contributed by atoms with van der Waals surface area (Å²) in [7, 11) is 0. The van der Waals surface area contributed by atoms with Crippen molar-refractivity contribution in [2.75, 3.05) is 10.6 Å². The second kappa shape index (κ2) is 7.80. The van der Waals surface area contributed by atoms with Crippen molar-refractivity contribution in [2.45, 2.75) is 4.90 Å². The highest BCUT2D eigenvalue weighted by Crippen LogP contribution is 2.19. The minimum Gasteiger partial charge on any atom is -0.366 e. The number of thiocyanates is 1. The van der Waals surface area contributed by atoms with Crippen LogP contribution in [0.4, 0.5) is 11.4 Å². The third-order valence-electron chi connectivity index (χ3n) is 2.91. The number of nitrogens with one attached hydrogen (secondary N) is 2. The highest BCUT2D eigenvalue weighted by atomic mass is 32.2. The van der Waals surface area contributed by atoms with Gasteiger partial charge in [0.25, 0.3) is 0 Å². The van der Waals surface area contributed by atoms with Gasteiger partial charge in [0.2, 0.25) is 5.91 Å². The number of nitrogens with zero attached hydrogens (tertiary/aromatic N) is 1. The second-order valence-corrected chi connectivity index (χ2v) is 5.43. The van der Waals surface area contributed by atoms with Gasteiger partial charge in [-0.2, -0.15) is 5.26 Å². The number of carbonyl (C=O) groups is 3.